The minimum absolute atomic E-state index is 0. The first-order chi connectivity index (χ1) is 5.97. The van der Waals surface area contributed by atoms with E-state index < -0.39 is 0 Å². The van der Waals surface area contributed by atoms with E-state index in [1.165, 1.54) is 5.46 Å². The molecule has 0 aliphatic carbocycles. The van der Waals surface area contributed by atoms with Crippen molar-refractivity contribution < 1.29 is 18.9 Å². The van der Waals surface area contributed by atoms with Crippen LogP contribution < -0.4 is 18.9 Å². The maximum Gasteiger partial charge on any atom is 1.00 e. The molecular formula is C11H10BLi. The predicted molar refractivity (Wildman–Crippen MR) is 53.7 cm³/mol. The molecule has 58 valence electrons. The Morgan fingerprint density at radius 3 is 1.85 bits per heavy atom. The monoisotopic (exact) mass is 160 g/mol. The molecule has 2 heteroatoms. The maximum atomic E-state index is 2.20. The van der Waals surface area contributed by atoms with E-state index in [4.69, 9.17) is 0 Å². The third-order valence-electron chi connectivity index (χ3n) is 2.04. The maximum absolute atomic E-state index is 2.20. The molecule has 0 aliphatic rings. The Labute approximate surface area is 91.2 Å². The van der Waals surface area contributed by atoms with Gasteiger partial charge < -0.3 is 0 Å². The number of hydrogen-bond acceptors (Lipinski definition) is 0. The zero-order valence-electron chi connectivity index (χ0n) is 7.85. The van der Waals surface area contributed by atoms with Crippen LogP contribution in [0.15, 0.2) is 60.5 Å². The van der Waals surface area contributed by atoms with Crippen molar-refractivity contribution in [1.82, 2.24) is 0 Å². The molecule has 0 amide bonds. The van der Waals surface area contributed by atoms with E-state index in [0.29, 0.717) is 6.34 Å². The molecule has 0 N–H and O–H groups in total. The van der Waals surface area contributed by atoms with Crippen LogP contribution in [0.25, 0.3) is 5.46 Å². The van der Waals surface area contributed by atoms with Gasteiger partial charge in [-0.05, 0) is 0 Å². The Balaban J connectivity index is 0.000000845. The standard InChI is InChI=1S/C11H10B.Li/c1-3-7-11(8-4-1)12-9-5-2-6-10-12;/h1-10H;/q-1;+1. The van der Waals surface area contributed by atoms with Crippen LogP contribution in [0.3, 0.4) is 0 Å². The zero-order chi connectivity index (χ0) is 8.23. The van der Waals surface area contributed by atoms with Crippen LogP contribution in [-0.4, -0.2) is 6.34 Å². The fourth-order valence-electron chi connectivity index (χ4n) is 1.39. The summed E-state index contributed by atoms with van der Waals surface area (Å²) in [5, 5.41) is 0. The second-order valence-corrected chi connectivity index (χ2v) is 2.90. The fourth-order valence-corrected chi connectivity index (χ4v) is 1.39. The predicted octanol–water partition coefficient (Wildman–Crippen LogP) is -0.294. The second-order valence-electron chi connectivity index (χ2n) is 2.90. The summed E-state index contributed by atoms with van der Waals surface area (Å²) < 4.78 is 0. The third kappa shape index (κ3) is 2.59. The van der Waals surface area contributed by atoms with Crippen molar-refractivity contribution in [3.8, 4) is 5.46 Å². The van der Waals surface area contributed by atoms with Gasteiger partial charge in [0.05, 0.1) is 0 Å². The van der Waals surface area contributed by atoms with Crippen molar-refractivity contribution in [2.24, 2.45) is 0 Å². The Morgan fingerprint density at radius 1 is 0.692 bits per heavy atom. The van der Waals surface area contributed by atoms with Crippen molar-refractivity contribution in [2.45, 2.75) is 0 Å². The molecule has 0 fully saturated rings. The average Bonchev–Trinajstić information content (AvgIpc) is 2.21. The normalized spacial score (nSPS) is 8.92. The van der Waals surface area contributed by atoms with Gasteiger partial charge in [-0.15, -0.1) is 12.1 Å². The first-order valence-corrected chi connectivity index (χ1v) is 4.20. The first kappa shape index (κ1) is 10.3. The Hall–Kier alpha value is -0.768. The molecule has 0 bridgehead atoms. The zero-order valence-corrected chi connectivity index (χ0v) is 7.85. The second kappa shape index (κ2) is 5.07. The van der Waals surface area contributed by atoms with E-state index >= 15 is 0 Å². The number of rotatable bonds is 1. The smallest absolute Gasteiger partial charge is 0.259 e. The van der Waals surface area contributed by atoms with Crippen LogP contribution in [0.2, 0.25) is 0 Å². The third-order valence-corrected chi connectivity index (χ3v) is 2.04. The Bertz CT molecular complexity index is 307. The van der Waals surface area contributed by atoms with Crippen LogP contribution >= 0.6 is 0 Å². The average molecular weight is 160 g/mol. The summed E-state index contributed by atoms with van der Waals surface area (Å²) in [6.07, 6.45) is 0.469. The molecule has 0 radical (unpaired) electrons. The fraction of sp³-hybridized carbons (Fsp3) is 0. The van der Waals surface area contributed by atoms with Crippen molar-refractivity contribution in [3.63, 3.8) is 0 Å². The van der Waals surface area contributed by atoms with Crippen LogP contribution in [0.1, 0.15) is 0 Å². The van der Waals surface area contributed by atoms with E-state index in [0.717, 1.165) is 0 Å². The van der Waals surface area contributed by atoms with E-state index in [1.54, 1.807) is 0 Å². The minimum atomic E-state index is 0. The summed E-state index contributed by atoms with van der Waals surface area (Å²) in [7, 11) is 0. The summed E-state index contributed by atoms with van der Waals surface area (Å²) in [5.74, 6) is 4.41. The minimum Gasteiger partial charge on any atom is -0.259 e. The van der Waals surface area contributed by atoms with Gasteiger partial charge in [0, 0.05) is 0 Å². The SMILES string of the molecule is [Li+].c1cc[b-](-c2ccccc2)cc1. The van der Waals surface area contributed by atoms with E-state index in [2.05, 4.69) is 54.4 Å². The number of hydrogen-bond donors (Lipinski definition) is 0. The summed E-state index contributed by atoms with van der Waals surface area (Å²) in [5.41, 5.74) is 1.36. The van der Waals surface area contributed by atoms with Gasteiger partial charge in [0.2, 0.25) is 0 Å². The largest absolute Gasteiger partial charge is 1.00 e. The van der Waals surface area contributed by atoms with Gasteiger partial charge in [0.15, 0.2) is 0 Å². The van der Waals surface area contributed by atoms with Gasteiger partial charge in [0.1, 0.15) is 0 Å². The molecule has 0 saturated carbocycles. The summed E-state index contributed by atoms with van der Waals surface area (Å²) in [4.78, 5) is 0. The molecule has 0 nitrogen and oxygen atoms in total. The van der Waals surface area contributed by atoms with E-state index in [1.807, 2.05) is 6.07 Å². The van der Waals surface area contributed by atoms with Crippen LogP contribution in [0.5, 0.6) is 0 Å². The molecule has 13 heavy (non-hydrogen) atoms. The van der Waals surface area contributed by atoms with Crippen LogP contribution in [0.4, 0.5) is 0 Å². The van der Waals surface area contributed by atoms with Gasteiger partial charge in [-0.2, -0.15) is 0 Å². The van der Waals surface area contributed by atoms with Gasteiger partial charge in [-0.3, -0.25) is 11.9 Å². The first-order valence-electron chi connectivity index (χ1n) is 4.20. The molecule has 1 heterocycles. The van der Waals surface area contributed by atoms with E-state index in [-0.39, 0.29) is 18.9 Å². The number of benzene rings is 1. The molecule has 0 spiro atoms. The molecule has 2 aromatic rings. The molecule has 1 aromatic carbocycles. The van der Waals surface area contributed by atoms with Crippen LogP contribution in [-0.2, 0) is 0 Å². The summed E-state index contributed by atoms with van der Waals surface area (Å²) in [6.45, 7) is 0. The molecule has 0 atom stereocenters. The molecule has 0 unspecified atom stereocenters. The van der Waals surface area contributed by atoms with E-state index in [9.17, 15) is 0 Å². The molecule has 0 saturated heterocycles. The quantitative estimate of drug-likeness (QED) is 0.502. The van der Waals surface area contributed by atoms with Crippen molar-refractivity contribution in [2.75, 3.05) is 0 Å². The van der Waals surface area contributed by atoms with Crippen molar-refractivity contribution in [1.29, 1.82) is 0 Å². The van der Waals surface area contributed by atoms with Gasteiger partial charge in [-0.1, -0.05) is 42.7 Å². The molecule has 2 rings (SSSR count). The molecule has 1 aromatic heterocycles. The van der Waals surface area contributed by atoms with Crippen molar-refractivity contribution >= 4 is 6.34 Å². The topological polar surface area (TPSA) is 0 Å². The summed E-state index contributed by atoms with van der Waals surface area (Å²) in [6, 6.07) is 16.8. The Kier molecular flexibility index (Phi) is 4.02. The molecular weight excluding hydrogens is 150 g/mol. The van der Waals surface area contributed by atoms with Crippen LogP contribution in [0, 0.1) is 0 Å². The van der Waals surface area contributed by atoms with Crippen molar-refractivity contribution in [3.05, 3.63) is 60.5 Å². The van der Waals surface area contributed by atoms with Gasteiger partial charge >= 0.3 is 18.9 Å². The van der Waals surface area contributed by atoms with Gasteiger partial charge in [-0.25, -0.2) is 5.46 Å². The Morgan fingerprint density at radius 2 is 1.23 bits per heavy atom. The van der Waals surface area contributed by atoms with Gasteiger partial charge in [0.25, 0.3) is 0 Å². The molecule has 0 aliphatic heterocycles. The summed E-state index contributed by atoms with van der Waals surface area (Å²) >= 11 is 0.